The minimum atomic E-state index is -0.817. The number of aromatic nitrogens is 3. The first-order valence-electron chi connectivity index (χ1n) is 5.54. The molecule has 2 aromatic heterocycles. The molecule has 2 heterocycles. The normalized spacial score (nSPS) is 10.6. The van der Waals surface area contributed by atoms with E-state index in [1.807, 2.05) is 0 Å². The van der Waals surface area contributed by atoms with E-state index in [1.54, 1.807) is 16.7 Å². The molecule has 102 valence electrons. The molecule has 0 atom stereocenters. The number of primary amides is 1. The number of pyridine rings is 1. The molecule has 0 fully saturated rings. The Kier molecular flexibility index (Phi) is 4.06. The average Bonchev–Trinajstić information content (AvgIpc) is 2.75. The van der Waals surface area contributed by atoms with E-state index in [1.165, 1.54) is 7.11 Å². The number of carbonyl (C=O) groups is 1. The lowest BCUT2D eigenvalue weighted by Gasteiger charge is -2.07. The average molecular weight is 285 g/mol. The summed E-state index contributed by atoms with van der Waals surface area (Å²) in [5.74, 6) is 1.35. The van der Waals surface area contributed by atoms with Crippen LogP contribution >= 0.6 is 11.6 Å². The Bertz CT molecular complexity index is 599. The second-order valence-corrected chi connectivity index (χ2v) is 3.94. The number of halogens is 1. The summed E-state index contributed by atoms with van der Waals surface area (Å²) in [5.41, 5.74) is 6.25. The summed E-state index contributed by atoms with van der Waals surface area (Å²) in [6, 6.07) is 3.51. The number of imidazole rings is 1. The first-order chi connectivity index (χ1) is 9.15. The van der Waals surface area contributed by atoms with Gasteiger partial charge in [0.2, 0.25) is 5.88 Å². The zero-order valence-corrected chi connectivity index (χ0v) is 11.1. The summed E-state index contributed by atoms with van der Waals surface area (Å²) in [5, 5.41) is 0. The van der Waals surface area contributed by atoms with Crippen LogP contribution < -0.4 is 10.5 Å². The molecule has 19 heavy (non-hydrogen) atoms. The van der Waals surface area contributed by atoms with Crippen molar-refractivity contribution in [2.45, 2.75) is 12.4 Å². The summed E-state index contributed by atoms with van der Waals surface area (Å²) >= 11 is 5.84. The largest absolute Gasteiger partial charge is 0.481 e. The third kappa shape index (κ3) is 2.87. The topological polar surface area (TPSA) is 92.3 Å². The highest BCUT2D eigenvalue weighted by molar-refractivity contribution is 6.16. The Morgan fingerprint density at radius 1 is 1.47 bits per heavy atom. The van der Waals surface area contributed by atoms with Crippen molar-refractivity contribution in [1.82, 2.24) is 14.5 Å². The molecular weight excluding hydrogens is 272 g/mol. The fourth-order valence-electron chi connectivity index (χ4n) is 1.72. The van der Waals surface area contributed by atoms with Crippen LogP contribution in [0.25, 0.3) is 11.2 Å². The zero-order valence-electron chi connectivity index (χ0n) is 10.3. The maximum absolute atomic E-state index is 10.6. The molecule has 2 N–H and O–H groups in total. The van der Waals surface area contributed by atoms with Gasteiger partial charge in [-0.1, -0.05) is 0 Å². The van der Waals surface area contributed by atoms with Crippen LogP contribution in [0.5, 0.6) is 5.88 Å². The van der Waals surface area contributed by atoms with Crippen molar-refractivity contribution in [3.05, 3.63) is 18.0 Å². The standard InChI is InChI=1S/C11H13ClN4O3/c1-18-9-3-2-7-10(15-9)16(8(6-12)14-7)4-5-19-11(13)17/h2-3H,4-6H2,1H3,(H2,13,17). The van der Waals surface area contributed by atoms with E-state index < -0.39 is 6.09 Å². The number of nitrogens with two attached hydrogens (primary N) is 1. The van der Waals surface area contributed by atoms with E-state index in [2.05, 4.69) is 9.97 Å². The molecule has 7 nitrogen and oxygen atoms in total. The van der Waals surface area contributed by atoms with Crippen LogP contribution in [-0.4, -0.2) is 34.3 Å². The predicted molar refractivity (Wildman–Crippen MR) is 69.2 cm³/mol. The summed E-state index contributed by atoms with van der Waals surface area (Å²) in [6.07, 6.45) is -0.817. The van der Waals surface area contributed by atoms with Crippen molar-refractivity contribution < 1.29 is 14.3 Å². The number of nitrogens with zero attached hydrogens (tertiary/aromatic N) is 3. The van der Waals surface area contributed by atoms with Gasteiger partial charge in [0.25, 0.3) is 0 Å². The molecule has 0 aromatic carbocycles. The second-order valence-electron chi connectivity index (χ2n) is 3.68. The predicted octanol–water partition coefficient (Wildman–Crippen LogP) is 1.27. The van der Waals surface area contributed by atoms with Gasteiger partial charge >= 0.3 is 6.09 Å². The van der Waals surface area contributed by atoms with Crippen LogP contribution in [0.3, 0.4) is 0 Å². The molecule has 2 rings (SSSR count). The number of carbonyl (C=O) groups excluding carboxylic acids is 1. The molecule has 0 saturated heterocycles. The first kappa shape index (κ1) is 13.4. The summed E-state index contributed by atoms with van der Waals surface area (Å²) in [7, 11) is 1.54. The highest BCUT2D eigenvalue weighted by atomic mass is 35.5. The molecule has 0 bridgehead atoms. The Hall–Kier alpha value is -2.02. The molecule has 8 heteroatoms. The first-order valence-corrected chi connectivity index (χ1v) is 6.07. The van der Waals surface area contributed by atoms with Crippen LogP contribution in [0.15, 0.2) is 12.1 Å². The number of alkyl halides is 1. The maximum Gasteiger partial charge on any atom is 0.404 e. The summed E-state index contributed by atoms with van der Waals surface area (Å²) < 4.78 is 11.6. The SMILES string of the molecule is COc1ccc2nc(CCl)n(CCOC(N)=O)c2n1. The minimum Gasteiger partial charge on any atom is -0.481 e. The minimum absolute atomic E-state index is 0.129. The van der Waals surface area contributed by atoms with Crippen LogP contribution in [0.1, 0.15) is 5.82 Å². The summed E-state index contributed by atoms with van der Waals surface area (Å²) in [4.78, 5) is 19.2. The quantitative estimate of drug-likeness (QED) is 0.835. The molecular formula is C11H13ClN4O3. The third-order valence-corrected chi connectivity index (χ3v) is 2.77. The van der Waals surface area contributed by atoms with E-state index in [4.69, 9.17) is 26.8 Å². The van der Waals surface area contributed by atoms with Crippen molar-refractivity contribution in [1.29, 1.82) is 0 Å². The van der Waals surface area contributed by atoms with Gasteiger partial charge in [0.15, 0.2) is 5.65 Å². The monoisotopic (exact) mass is 284 g/mol. The lowest BCUT2D eigenvalue weighted by Crippen LogP contribution is -2.17. The van der Waals surface area contributed by atoms with E-state index in [0.717, 1.165) is 0 Å². The van der Waals surface area contributed by atoms with E-state index in [-0.39, 0.29) is 12.5 Å². The van der Waals surface area contributed by atoms with Gasteiger partial charge in [-0.3, -0.25) is 0 Å². The fourth-order valence-corrected chi connectivity index (χ4v) is 1.92. The second kappa shape index (κ2) is 5.75. The van der Waals surface area contributed by atoms with E-state index in [9.17, 15) is 4.79 Å². The number of rotatable bonds is 5. The molecule has 2 aromatic rings. The number of amides is 1. The fraction of sp³-hybridized carbons (Fsp3) is 0.364. The van der Waals surface area contributed by atoms with Crippen LogP contribution in [0.4, 0.5) is 4.79 Å². The lowest BCUT2D eigenvalue weighted by atomic mass is 10.4. The number of methoxy groups -OCH3 is 1. The van der Waals surface area contributed by atoms with Gasteiger partial charge in [0, 0.05) is 6.07 Å². The van der Waals surface area contributed by atoms with E-state index >= 15 is 0 Å². The van der Waals surface area contributed by atoms with Gasteiger partial charge in [-0.2, -0.15) is 4.98 Å². The Balaban J connectivity index is 2.34. The van der Waals surface area contributed by atoms with Gasteiger partial charge in [0.05, 0.1) is 19.5 Å². The lowest BCUT2D eigenvalue weighted by molar-refractivity contribution is 0.152. The van der Waals surface area contributed by atoms with E-state index in [0.29, 0.717) is 29.4 Å². The molecule has 0 saturated carbocycles. The van der Waals surface area contributed by atoms with Crippen molar-refractivity contribution in [2.75, 3.05) is 13.7 Å². The molecule has 1 amide bonds. The Morgan fingerprint density at radius 2 is 2.26 bits per heavy atom. The Morgan fingerprint density at radius 3 is 2.89 bits per heavy atom. The highest BCUT2D eigenvalue weighted by Gasteiger charge is 2.12. The molecule has 0 radical (unpaired) electrons. The van der Waals surface area contributed by atoms with Crippen LogP contribution in [0.2, 0.25) is 0 Å². The number of ether oxygens (including phenoxy) is 2. The number of hydrogen-bond donors (Lipinski definition) is 1. The summed E-state index contributed by atoms with van der Waals surface area (Å²) in [6.45, 7) is 0.505. The smallest absolute Gasteiger partial charge is 0.404 e. The van der Waals surface area contributed by atoms with Gasteiger partial charge in [0.1, 0.15) is 17.9 Å². The van der Waals surface area contributed by atoms with Gasteiger partial charge < -0.3 is 19.8 Å². The van der Waals surface area contributed by atoms with Crippen molar-refractivity contribution in [2.24, 2.45) is 5.73 Å². The van der Waals surface area contributed by atoms with Crippen molar-refractivity contribution in [3.8, 4) is 5.88 Å². The molecule has 0 unspecified atom stereocenters. The highest BCUT2D eigenvalue weighted by Crippen LogP contribution is 2.19. The molecule has 0 spiro atoms. The van der Waals surface area contributed by atoms with Gasteiger partial charge in [-0.25, -0.2) is 9.78 Å². The maximum atomic E-state index is 10.6. The molecule has 0 aliphatic heterocycles. The number of hydrogen-bond acceptors (Lipinski definition) is 5. The zero-order chi connectivity index (χ0) is 13.8. The van der Waals surface area contributed by atoms with Crippen LogP contribution in [0, 0.1) is 0 Å². The van der Waals surface area contributed by atoms with Crippen molar-refractivity contribution >= 4 is 28.9 Å². The van der Waals surface area contributed by atoms with Crippen LogP contribution in [-0.2, 0) is 17.2 Å². The van der Waals surface area contributed by atoms with Gasteiger partial charge in [-0.15, -0.1) is 11.6 Å². The Labute approximate surface area is 114 Å². The molecule has 0 aliphatic carbocycles. The van der Waals surface area contributed by atoms with Crippen molar-refractivity contribution in [3.63, 3.8) is 0 Å². The number of fused-ring (bicyclic) bond motifs is 1. The third-order valence-electron chi connectivity index (χ3n) is 2.53. The molecule has 0 aliphatic rings. The van der Waals surface area contributed by atoms with Gasteiger partial charge in [-0.05, 0) is 6.07 Å².